The number of hydrogen-bond acceptors (Lipinski definition) is 6. The summed E-state index contributed by atoms with van der Waals surface area (Å²) in [6, 6.07) is 9.60. The highest BCUT2D eigenvalue weighted by atomic mass is 35.5. The van der Waals surface area contributed by atoms with Gasteiger partial charge in [0.15, 0.2) is 11.5 Å². The van der Waals surface area contributed by atoms with E-state index in [4.69, 9.17) is 16.3 Å². The highest BCUT2D eigenvalue weighted by Crippen LogP contribution is 2.41. The third-order valence-electron chi connectivity index (χ3n) is 4.64. The van der Waals surface area contributed by atoms with Crippen LogP contribution in [-0.4, -0.2) is 51.7 Å². The van der Waals surface area contributed by atoms with E-state index < -0.39 is 23.8 Å². The number of benzene rings is 2. The number of phenolic OH excluding ortho intramolecular Hbond substituents is 1. The van der Waals surface area contributed by atoms with Gasteiger partial charge in [0.1, 0.15) is 5.76 Å². The van der Waals surface area contributed by atoms with E-state index in [1.54, 1.807) is 12.1 Å². The zero-order valence-corrected chi connectivity index (χ0v) is 16.6. The molecule has 0 aromatic heterocycles. The average Bonchev–Trinajstić information content (AvgIpc) is 2.93. The Morgan fingerprint density at radius 1 is 1.21 bits per heavy atom. The Bertz CT molecular complexity index is 983. The molecule has 2 atom stereocenters. The summed E-state index contributed by atoms with van der Waals surface area (Å²) in [5.74, 6) is -2.02. The fraction of sp³-hybridized carbons (Fsp3) is 0.238. The van der Waals surface area contributed by atoms with E-state index in [9.17, 15) is 24.9 Å². The van der Waals surface area contributed by atoms with Crippen molar-refractivity contribution < 1.29 is 29.6 Å². The number of amides is 1. The number of β-amino-alcohol motifs (C(OH)–C–C–N with tert-alkyl or cyclic N) is 1. The van der Waals surface area contributed by atoms with Crippen LogP contribution < -0.4 is 4.74 Å². The lowest BCUT2D eigenvalue weighted by molar-refractivity contribution is -0.140. The van der Waals surface area contributed by atoms with Crippen LogP contribution in [0.3, 0.4) is 0 Å². The first-order chi connectivity index (χ1) is 13.7. The summed E-state index contributed by atoms with van der Waals surface area (Å²) in [7, 11) is 1.37. The third-order valence-corrected chi connectivity index (χ3v) is 4.89. The highest BCUT2D eigenvalue weighted by molar-refractivity contribution is 6.46. The van der Waals surface area contributed by atoms with Crippen molar-refractivity contribution in [1.82, 2.24) is 4.90 Å². The number of aliphatic hydroxyl groups is 2. The first-order valence-electron chi connectivity index (χ1n) is 8.84. The number of aliphatic hydroxyl groups excluding tert-OH is 2. The number of likely N-dealkylation sites (tertiary alicyclic amines) is 1. The molecule has 1 aliphatic heterocycles. The second kappa shape index (κ2) is 8.14. The van der Waals surface area contributed by atoms with Crippen molar-refractivity contribution in [2.24, 2.45) is 0 Å². The van der Waals surface area contributed by atoms with Crippen LogP contribution >= 0.6 is 11.6 Å². The Kier molecular flexibility index (Phi) is 5.81. The van der Waals surface area contributed by atoms with E-state index in [1.165, 1.54) is 49.3 Å². The Morgan fingerprint density at radius 3 is 2.45 bits per heavy atom. The normalized spacial score (nSPS) is 19.4. The second-order valence-corrected chi connectivity index (χ2v) is 7.18. The maximum atomic E-state index is 12.8. The van der Waals surface area contributed by atoms with Crippen molar-refractivity contribution in [2.45, 2.75) is 19.1 Å². The van der Waals surface area contributed by atoms with Crippen molar-refractivity contribution in [1.29, 1.82) is 0 Å². The first kappa shape index (κ1) is 20.7. The lowest BCUT2D eigenvalue weighted by Crippen LogP contribution is -2.35. The van der Waals surface area contributed by atoms with Gasteiger partial charge < -0.3 is 25.0 Å². The van der Waals surface area contributed by atoms with Crippen molar-refractivity contribution in [3.63, 3.8) is 0 Å². The average molecular weight is 418 g/mol. The largest absolute Gasteiger partial charge is 0.507 e. The fourth-order valence-electron chi connectivity index (χ4n) is 3.33. The van der Waals surface area contributed by atoms with Crippen molar-refractivity contribution >= 4 is 29.1 Å². The molecule has 1 saturated heterocycles. The number of ether oxygens (including phenoxy) is 1. The summed E-state index contributed by atoms with van der Waals surface area (Å²) in [6.07, 6.45) is -0.898. The predicted octanol–water partition coefficient (Wildman–Crippen LogP) is 2.86. The van der Waals surface area contributed by atoms with E-state index in [0.717, 1.165) is 0 Å². The van der Waals surface area contributed by atoms with Crippen LogP contribution in [0.15, 0.2) is 48.0 Å². The minimum absolute atomic E-state index is 0.110. The number of hydrogen-bond donors (Lipinski definition) is 3. The Labute approximate surface area is 172 Å². The van der Waals surface area contributed by atoms with Gasteiger partial charge in [-0.1, -0.05) is 17.7 Å². The summed E-state index contributed by atoms with van der Waals surface area (Å²) >= 11 is 5.89. The molecule has 8 heteroatoms. The molecule has 1 aliphatic rings. The van der Waals surface area contributed by atoms with Gasteiger partial charge in [0, 0.05) is 17.1 Å². The van der Waals surface area contributed by atoms with E-state index in [-0.39, 0.29) is 29.4 Å². The summed E-state index contributed by atoms with van der Waals surface area (Å²) < 4.78 is 5.13. The molecule has 0 saturated carbocycles. The van der Waals surface area contributed by atoms with Gasteiger partial charge in [0.2, 0.25) is 0 Å². The quantitative estimate of drug-likeness (QED) is 0.392. The van der Waals surface area contributed by atoms with Crippen molar-refractivity contribution in [2.75, 3.05) is 13.7 Å². The van der Waals surface area contributed by atoms with Crippen LogP contribution in [0.5, 0.6) is 11.5 Å². The molecule has 0 bridgehead atoms. The first-order valence-corrected chi connectivity index (χ1v) is 9.21. The van der Waals surface area contributed by atoms with Crippen molar-refractivity contribution in [3.8, 4) is 11.5 Å². The lowest BCUT2D eigenvalue weighted by atomic mass is 9.95. The number of Topliss-reactive ketones (excluding diaryl/α,β-unsaturated/α-hetero) is 1. The molecule has 0 spiro atoms. The molecule has 152 valence electrons. The van der Waals surface area contributed by atoms with E-state index in [0.29, 0.717) is 16.1 Å². The molecule has 29 heavy (non-hydrogen) atoms. The predicted molar refractivity (Wildman–Crippen MR) is 107 cm³/mol. The van der Waals surface area contributed by atoms with E-state index >= 15 is 0 Å². The number of aromatic hydroxyl groups is 1. The molecule has 7 nitrogen and oxygen atoms in total. The Balaban J connectivity index is 2.21. The molecule has 3 N–H and O–H groups in total. The fourth-order valence-corrected chi connectivity index (χ4v) is 3.45. The second-order valence-electron chi connectivity index (χ2n) is 6.74. The summed E-state index contributed by atoms with van der Waals surface area (Å²) in [6.45, 7) is 1.38. The van der Waals surface area contributed by atoms with Crippen LogP contribution in [0, 0.1) is 0 Å². The van der Waals surface area contributed by atoms with Gasteiger partial charge in [-0.15, -0.1) is 0 Å². The van der Waals surface area contributed by atoms with Crippen molar-refractivity contribution in [3.05, 3.63) is 64.2 Å². The lowest BCUT2D eigenvalue weighted by Gasteiger charge is -2.26. The molecule has 0 aliphatic carbocycles. The molecule has 2 aromatic carbocycles. The number of carbonyl (C=O) groups is 2. The molecule has 2 unspecified atom stereocenters. The summed E-state index contributed by atoms with van der Waals surface area (Å²) in [5, 5.41) is 31.0. The van der Waals surface area contributed by atoms with E-state index in [2.05, 4.69) is 0 Å². The SMILES string of the molecule is COc1cc(C2/C(=C(/O)c3ccc(Cl)cc3)C(=O)C(=O)N2CC(C)O)ccc1O. The number of phenols is 1. The van der Waals surface area contributed by atoms with Gasteiger partial charge in [-0.25, -0.2) is 0 Å². The number of halogens is 1. The maximum Gasteiger partial charge on any atom is 0.295 e. The Hall–Kier alpha value is -3.03. The number of carbonyl (C=O) groups excluding carboxylic acids is 2. The molecular formula is C21H20ClNO6. The highest BCUT2D eigenvalue weighted by Gasteiger charge is 2.46. The molecule has 1 fully saturated rings. The number of nitrogens with zero attached hydrogens (tertiary/aromatic N) is 1. The molecule has 1 amide bonds. The minimum Gasteiger partial charge on any atom is -0.507 e. The minimum atomic E-state index is -0.963. The van der Waals surface area contributed by atoms with E-state index in [1.807, 2.05) is 0 Å². The topological polar surface area (TPSA) is 107 Å². The van der Waals surface area contributed by atoms with Crippen LogP contribution in [0.1, 0.15) is 24.1 Å². The maximum absolute atomic E-state index is 12.8. The molecule has 3 rings (SSSR count). The number of methoxy groups -OCH3 is 1. The molecule has 1 heterocycles. The molecular weight excluding hydrogens is 398 g/mol. The molecule has 0 radical (unpaired) electrons. The monoisotopic (exact) mass is 417 g/mol. The van der Waals surface area contributed by atoms with Crippen LogP contribution in [0.4, 0.5) is 0 Å². The summed E-state index contributed by atoms with van der Waals surface area (Å²) in [4.78, 5) is 26.6. The van der Waals surface area contributed by atoms with Gasteiger partial charge in [-0.2, -0.15) is 0 Å². The van der Waals surface area contributed by atoms with Crippen LogP contribution in [-0.2, 0) is 9.59 Å². The molecule has 2 aromatic rings. The number of ketones is 1. The Morgan fingerprint density at radius 2 is 1.86 bits per heavy atom. The van der Waals surface area contributed by atoms with Gasteiger partial charge in [0.05, 0.1) is 24.8 Å². The van der Waals surface area contributed by atoms with Gasteiger partial charge >= 0.3 is 0 Å². The van der Waals surface area contributed by atoms with Gasteiger partial charge in [-0.3, -0.25) is 9.59 Å². The van der Waals surface area contributed by atoms with Gasteiger partial charge in [-0.05, 0) is 48.9 Å². The van der Waals surface area contributed by atoms with Crippen LogP contribution in [0.2, 0.25) is 5.02 Å². The summed E-state index contributed by atoms with van der Waals surface area (Å²) in [5.41, 5.74) is 0.640. The standard InChI is InChI=1S/C21H20ClNO6/c1-11(24)10-23-18(13-5-8-15(25)16(9-13)29-2)17(20(27)21(23)28)19(26)12-3-6-14(22)7-4-12/h3-9,11,18,24-26H,10H2,1-2H3/b19-17-. The number of rotatable bonds is 5. The zero-order chi connectivity index (χ0) is 21.3. The third kappa shape index (κ3) is 3.92. The zero-order valence-electron chi connectivity index (χ0n) is 15.8. The van der Waals surface area contributed by atoms with Crippen LogP contribution in [0.25, 0.3) is 5.76 Å². The van der Waals surface area contributed by atoms with Gasteiger partial charge in [0.25, 0.3) is 11.7 Å². The smallest absolute Gasteiger partial charge is 0.295 e.